The van der Waals surface area contributed by atoms with Gasteiger partial charge in [-0.15, -0.1) is 11.3 Å². The Morgan fingerprint density at radius 1 is 1.33 bits per heavy atom. The van der Waals surface area contributed by atoms with Crippen LogP contribution in [-0.4, -0.2) is 5.11 Å². The summed E-state index contributed by atoms with van der Waals surface area (Å²) in [5, 5.41) is 11.1. The van der Waals surface area contributed by atoms with Gasteiger partial charge < -0.3 is 5.11 Å². The number of aryl methyl sites for hydroxylation is 1. The maximum atomic E-state index is 9.86. The number of thiophene rings is 1. The molecule has 1 aliphatic rings. The van der Waals surface area contributed by atoms with E-state index in [4.69, 9.17) is 0 Å². The van der Waals surface area contributed by atoms with Gasteiger partial charge in [0.05, 0.1) is 4.70 Å². The largest absolute Gasteiger partial charge is 0.506 e. The molecule has 3 rings (SSSR count). The van der Waals surface area contributed by atoms with Gasteiger partial charge in [-0.1, -0.05) is 22.0 Å². The summed E-state index contributed by atoms with van der Waals surface area (Å²) in [6, 6.07) is 3.86. The fourth-order valence-electron chi connectivity index (χ4n) is 2.03. The first-order valence-electron chi connectivity index (χ1n) is 4.86. The van der Waals surface area contributed by atoms with Gasteiger partial charge in [0.1, 0.15) is 5.75 Å². The number of allylic oxidation sites excluding steroid dienone is 1. The van der Waals surface area contributed by atoms with Crippen LogP contribution in [0, 0.1) is 0 Å². The monoisotopic (exact) mass is 280 g/mol. The molecule has 0 atom stereocenters. The number of hydrogen-bond donors (Lipinski definition) is 1. The van der Waals surface area contributed by atoms with E-state index in [0.29, 0.717) is 5.75 Å². The van der Waals surface area contributed by atoms with E-state index in [9.17, 15) is 5.11 Å². The molecule has 1 aromatic carbocycles. The Balaban J connectivity index is 2.42. The summed E-state index contributed by atoms with van der Waals surface area (Å²) in [5.41, 5.74) is 1.38. The van der Waals surface area contributed by atoms with Gasteiger partial charge in [-0.25, -0.2) is 0 Å². The molecular weight excluding hydrogens is 272 g/mol. The number of phenolic OH excluding ortho intramolecular Hbond substituents is 1. The van der Waals surface area contributed by atoms with E-state index in [2.05, 4.69) is 34.1 Å². The normalized spacial score (nSPS) is 14.5. The number of fused-ring (bicyclic) bond motifs is 3. The summed E-state index contributed by atoms with van der Waals surface area (Å²) in [6.45, 7) is 0. The molecule has 1 heterocycles. The Labute approximate surface area is 100 Å². The zero-order chi connectivity index (χ0) is 10.4. The van der Waals surface area contributed by atoms with Crippen LogP contribution in [0.2, 0.25) is 0 Å². The Morgan fingerprint density at radius 3 is 3.07 bits per heavy atom. The minimum atomic E-state index is 0.382. The number of benzene rings is 1. The smallest absolute Gasteiger partial charge is 0.134 e. The first kappa shape index (κ1) is 9.43. The van der Waals surface area contributed by atoms with Crippen molar-refractivity contribution < 1.29 is 5.11 Å². The molecule has 0 radical (unpaired) electrons. The number of hydrogen-bond acceptors (Lipinski definition) is 2. The molecule has 0 bridgehead atoms. The van der Waals surface area contributed by atoms with E-state index in [1.54, 1.807) is 17.4 Å². The number of rotatable bonds is 0. The highest BCUT2D eigenvalue weighted by Gasteiger charge is 2.15. The van der Waals surface area contributed by atoms with Gasteiger partial charge in [0.15, 0.2) is 0 Å². The third-order valence-corrected chi connectivity index (χ3v) is 4.39. The van der Waals surface area contributed by atoms with Gasteiger partial charge in [0.25, 0.3) is 0 Å². The lowest BCUT2D eigenvalue weighted by atomic mass is 10.0. The summed E-state index contributed by atoms with van der Waals surface area (Å²) < 4.78 is 1.96. The van der Waals surface area contributed by atoms with Crippen molar-refractivity contribution in [3.63, 3.8) is 0 Å². The van der Waals surface area contributed by atoms with E-state index >= 15 is 0 Å². The highest BCUT2D eigenvalue weighted by atomic mass is 79.9. The molecule has 0 spiro atoms. The summed E-state index contributed by atoms with van der Waals surface area (Å²) in [4.78, 5) is 1.30. The van der Waals surface area contributed by atoms with Crippen molar-refractivity contribution in [2.45, 2.75) is 12.8 Å². The van der Waals surface area contributed by atoms with Crippen LogP contribution in [0.3, 0.4) is 0 Å². The molecule has 1 N–H and O–H groups in total. The van der Waals surface area contributed by atoms with Crippen molar-refractivity contribution >= 4 is 43.4 Å². The van der Waals surface area contributed by atoms with Gasteiger partial charge >= 0.3 is 0 Å². The topological polar surface area (TPSA) is 20.2 Å². The molecule has 0 amide bonds. The van der Waals surface area contributed by atoms with Crippen molar-refractivity contribution in [3.05, 3.63) is 33.1 Å². The number of aromatic hydroxyl groups is 1. The molecule has 0 saturated carbocycles. The molecule has 1 nitrogen and oxygen atoms in total. The molecule has 1 aromatic heterocycles. The zero-order valence-corrected chi connectivity index (χ0v) is 10.4. The molecule has 0 aliphatic heterocycles. The van der Waals surface area contributed by atoms with Crippen molar-refractivity contribution in [1.82, 2.24) is 0 Å². The molecular formula is C12H9BrOS. The summed E-state index contributed by atoms with van der Waals surface area (Å²) in [6.07, 6.45) is 6.55. The lowest BCUT2D eigenvalue weighted by Gasteiger charge is -2.04. The van der Waals surface area contributed by atoms with Crippen LogP contribution in [-0.2, 0) is 6.42 Å². The third-order valence-electron chi connectivity index (χ3n) is 2.70. The van der Waals surface area contributed by atoms with Crippen LogP contribution >= 0.6 is 27.3 Å². The Bertz CT molecular complexity index is 568. The molecule has 0 unspecified atom stereocenters. The Kier molecular flexibility index (Phi) is 2.11. The second-order valence-electron chi connectivity index (χ2n) is 3.69. The predicted octanol–water partition coefficient (Wildman–Crippen LogP) is 4.33. The molecule has 3 heteroatoms. The van der Waals surface area contributed by atoms with Gasteiger partial charge in [-0.05, 0) is 36.6 Å². The minimum Gasteiger partial charge on any atom is -0.506 e. The molecule has 76 valence electrons. The van der Waals surface area contributed by atoms with Crippen LogP contribution in [0.5, 0.6) is 5.75 Å². The molecule has 1 aliphatic carbocycles. The first-order valence-corrected chi connectivity index (χ1v) is 6.47. The van der Waals surface area contributed by atoms with Crippen molar-refractivity contribution in [2.75, 3.05) is 0 Å². The number of halogens is 1. The highest BCUT2D eigenvalue weighted by molar-refractivity contribution is 9.10. The van der Waals surface area contributed by atoms with Gasteiger partial charge in [0.2, 0.25) is 0 Å². The van der Waals surface area contributed by atoms with Crippen molar-refractivity contribution in [2.24, 2.45) is 0 Å². The van der Waals surface area contributed by atoms with Crippen LogP contribution in [0.4, 0.5) is 0 Å². The van der Waals surface area contributed by atoms with Crippen LogP contribution in [0.15, 0.2) is 22.7 Å². The fraction of sp³-hybridized carbons (Fsp3) is 0.167. The molecule has 2 aromatic rings. The third kappa shape index (κ3) is 1.42. The standard InChI is InChI=1S/C12H9BrOS/c13-7-5-9-8-3-1-2-4-11(8)15-12(9)10(14)6-7/h2,4-6,14H,1,3H2. The predicted molar refractivity (Wildman–Crippen MR) is 68.5 cm³/mol. The van der Waals surface area contributed by atoms with Gasteiger partial charge in [0, 0.05) is 14.7 Å². The second kappa shape index (κ2) is 3.35. The zero-order valence-electron chi connectivity index (χ0n) is 7.96. The summed E-state index contributed by atoms with van der Waals surface area (Å²) in [7, 11) is 0. The quantitative estimate of drug-likeness (QED) is 0.762. The van der Waals surface area contributed by atoms with E-state index in [1.807, 2.05) is 0 Å². The highest BCUT2D eigenvalue weighted by Crippen LogP contribution is 2.41. The summed E-state index contributed by atoms with van der Waals surface area (Å²) >= 11 is 5.10. The van der Waals surface area contributed by atoms with E-state index in [0.717, 1.165) is 22.0 Å². The van der Waals surface area contributed by atoms with Gasteiger partial charge in [-0.3, -0.25) is 0 Å². The van der Waals surface area contributed by atoms with E-state index in [1.165, 1.54) is 15.8 Å². The van der Waals surface area contributed by atoms with Gasteiger partial charge in [-0.2, -0.15) is 0 Å². The molecule has 0 fully saturated rings. The second-order valence-corrected chi connectivity index (χ2v) is 5.66. The van der Waals surface area contributed by atoms with E-state index < -0.39 is 0 Å². The van der Waals surface area contributed by atoms with Crippen molar-refractivity contribution in [1.29, 1.82) is 0 Å². The Morgan fingerprint density at radius 2 is 2.20 bits per heavy atom. The lowest BCUT2D eigenvalue weighted by Crippen LogP contribution is -1.88. The average Bonchev–Trinajstić information content (AvgIpc) is 2.57. The Hall–Kier alpha value is -0.800. The first-order chi connectivity index (χ1) is 7.25. The summed E-state index contributed by atoms with van der Waals surface area (Å²) in [5.74, 6) is 0.382. The maximum absolute atomic E-state index is 9.86. The average molecular weight is 281 g/mol. The van der Waals surface area contributed by atoms with Crippen LogP contribution < -0.4 is 0 Å². The fourth-order valence-corrected chi connectivity index (χ4v) is 3.65. The minimum absolute atomic E-state index is 0.382. The van der Waals surface area contributed by atoms with Crippen molar-refractivity contribution in [3.8, 4) is 5.75 Å². The van der Waals surface area contributed by atoms with E-state index in [-0.39, 0.29) is 0 Å². The SMILES string of the molecule is Oc1cc(Br)cc2c3c(sc12)C=CCC3. The molecule has 15 heavy (non-hydrogen) atoms. The lowest BCUT2D eigenvalue weighted by molar-refractivity contribution is 0.482. The van der Waals surface area contributed by atoms with Crippen LogP contribution in [0.1, 0.15) is 16.9 Å². The maximum Gasteiger partial charge on any atom is 0.134 e. The van der Waals surface area contributed by atoms with Crippen LogP contribution in [0.25, 0.3) is 16.2 Å². The molecule has 0 saturated heterocycles. The number of phenols is 1.